The van der Waals surface area contributed by atoms with Crippen LogP contribution in [0.2, 0.25) is 0 Å². The van der Waals surface area contributed by atoms with E-state index in [1.54, 1.807) is 12.1 Å². The Bertz CT molecular complexity index is 1170. The zero-order valence-corrected chi connectivity index (χ0v) is 18.8. The lowest BCUT2D eigenvalue weighted by molar-refractivity contribution is 0.426. The van der Waals surface area contributed by atoms with Gasteiger partial charge in [-0.1, -0.05) is 109 Å². The van der Waals surface area contributed by atoms with Gasteiger partial charge < -0.3 is 14.9 Å². The first-order valence-electron chi connectivity index (χ1n) is 11.2. The monoisotopic (exact) mass is 443 g/mol. The number of anilines is 3. The van der Waals surface area contributed by atoms with Crippen LogP contribution in [0.5, 0.6) is 0 Å². The molecule has 0 aliphatic heterocycles. The molecule has 0 radical (unpaired) electrons. The van der Waals surface area contributed by atoms with Crippen LogP contribution in [0.1, 0.15) is 0 Å². The van der Waals surface area contributed by atoms with Gasteiger partial charge in [0.15, 0.2) is 0 Å². The Hall–Kier alpha value is -4.12. The third kappa shape index (κ3) is 6.02. The van der Waals surface area contributed by atoms with Crippen molar-refractivity contribution in [2.75, 3.05) is 4.90 Å². The zero-order valence-electron chi connectivity index (χ0n) is 18.8. The first-order chi connectivity index (χ1) is 16.7. The number of benzene rings is 5. The van der Waals surface area contributed by atoms with Crippen LogP contribution in [0, 0.1) is 0 Å². The normalized spacial score (nSPS) is 10.1. The minimum absolute atomic E-state index is 0.477. The summed E-state index contributed by atoms with van der Waals surface area (Å²) in [5.74, 6) is 0. The van der Waals surface area contributed by atoms with E-state index >= 15 is 0 Å². The van der Waals surface area contributed by atoms with Gasteiger partial charge in [-0.05, 0) is 53.0 Å². The van der Waals surface area contributed by atoms with Gasteiger partial charge >= 0.3 is 7.12 Å². The summed E-state index contributed by atoms with van der Waals surface area (Å²) >= 11 is 0. The highest BCUT2D eigenvalue weighted by molar-refractivity contribution is 6.58. The van der Waals surface area contributed by atoms with E-state index in [1.807, 2.05) is 84.9 Å². The molecule has 0 fully saturated rings. The van der Waals surface area contributed by atoms with Crippen molar-refractivity contribution >= 4 is 29.6 Å². The number of hydrogen-bond donors (Lipinski definition) is 2. The van der Waals surface area contributed by atoms with Gasteiger partial charge in [-0.2, -0.15) is 0 Å². The van der Waals surface area contributed by atoms with Crippen molar-refractivity contribution in [3.8, 4) is 11.1 Å². The Morgan fingerprint density at radius 3 is 1.06 bits per heavy atom. The maximum Gasteiger partial charge on any atom is 0.488 e. The molecule has 0 aromatic heterocycles. The largest absolute Gasteiger partial charge is 0.488 e. The third-order valence-corrected chi connectivity index (χ3v) is 5.36. The highest BCUT2D eigenvalue weighted by Crippen LogP contribution is 2.33. The molecule has 4 heteroatoms. The van der Waals surface area contributed by atoms with Crippen LogP contribution >= 0.6 is 0 Å². The summed E-state index contributed by atoms with van der Waals surface area (Å²) in [5.41, 5.74) is 6.08. The topological polar surface area (TPSA) is 43.7 Å². The van der Waals surface area contributed by atoms with Gasteiger partial charge in [0.05, 0.1) is 0 Å². The Morgan fingerprint density at radius 2 is 0.706 bits per heavy atom. The molecular weight excluding hydrogens is 417 g/mol. The molecule has 0 saturated carbocycles. The summed E-state index contributed by atoms with van der Waals surface area (Å²) in [5, 5.41) is 18.5. The molecule has 0 heterocycles. The van der Waals surface area contributed by atoms with Gasteiger partial charge in [-0.15, -0.1) is 0 Å². The number of para-hydroxylation sites is 2. The lowest BCUT2D eigenvalue weighted by Gasteiger charge is -2.25. The molecule has 0 spiro atoms. The highest BCUT2D eigenvalue weighted by atomic mass is 16.4. The zero-order chi connectivity index (χ0) is 23.6. The third-order valence-electron chi connectivity index (χ3n) is 5.36. The van der Waals surface area contributed by atoms with Gasteiger partial charge in [0, 0.05) is 17.1 Å². The summed E-state index contributed by atoms with van der Waals surface area (Å²) in [4.78, 5) is 2.12. The first-order valence-corrected chi connectivity index (χ1v) is 11.2. The van der Waals surface area contributed by atoms with Crippen LogP contribution in [0.3, 0.4) is 0 Å². The summed E-state index contributed by atoms with van der Waals surface area (Å²) in [7, 11) is -1.45. The maximum absolute atomic E-state index is 9.23. The smallest absolute Gasteiger partial charge is 0.423 e. The SMILES string of the molecule is OB(O)c1ccc(N(c2ccccc2)c2ccccc2)cc1.c1ccc(-c2ccccc2)cc1. The molecule has 0 bridgehead atoms. The van der Waals surface area contributed by atoms with E-state index in [9.17, 15) is 10.0 Å². The minimum Gasteiger partial charge on any atom is -0.423 e. The number of nitrogens with zero attached hydrogens (tertiary/aromatic N) is 1. The Balaban J connectivity index is 0.000000192. The van der Waals surface area contributed by atoms with Gasteiger partial charge in [0.1, 0.15) is 0 Å². The van der Waals surface area contributed by atoms with Crippen LogP contribution in [0.25, 0.3) is 11.1 Å². The second-order valence-corrected chi connectivity index (χ2v) is 7.70. The second kappa shape index (κ2) is 11.7. The van der Waals surface area contributed by atoms with E-state index in [2.05, 4.69) is 53.4 Å². The molecule has 0 aliphatic carbocycles. The van der Waals surface area contributed by atoms with Crippen molar-refractivity contribution in [1.82, 2.24) is 0 Å². The van der Waals surface area contributed by atoms with Gasteiger partial charge in [0.25, 0.3) is 0 Å². The second-order valence-electron chi connectivity index (χ2n) is 7.70. The lowest BCUT2D eigenvalue weighted by Crippen LogP contribution is -2.29. The predicted octanol–water partition coefficient (Wildman–Crippen LogP) is 6.19. The molecule has 166 valence electrons. The molecular formula is C30H26BNO2. The van der Waals surface area contributed by atoms with Crippen LogP contribution in [0.4, 0.5) is 17.1 Å². The number of hydrogen-bond acceptors (Lipinski definition) is 3. The molecule has 34 heavy (non-hydrogen) atoms. The van der Waals surface area contributed by atoms with Crippen molar-refractivity contribution in [2.24, 2.45) is 0 Å². The van der Waals surface area contributed by atoms with Crippen LogP contribution in [0.15, 0.2) is 146 Å². The highest BCUT2D eigenvalue weighted by Gasteiger charge is 2.14. The van der Waals surface area contributed by atoms with E-state index in [1.165, 1.54) is 11.1 Å². The fourth-order valence-electron chi connectivity index (χ4n) is 3.66. The van der Waals surface area contributed by atoms with E-state index in [-0.39, 0.29) is 0 Å². The minimum atomic E-state index is -1.45. The molecule has 5 aromatic rings. The van der Waals surface area contributed by atoms with Crippen LogP contribution in [-0.2, 0) is 0 Å². The fraction of sp³-hybridized carbons (Fsp3) is 0. The summed E-state index contributed by atoms with van der Waals surface area (Å²) in [6.45, 7) is 0. The molecule has 5 aromatic carbocycles. The van der Waals surface area contributed by atoms with Crippen molar-refractivity contribution in [3.05, 3.63) is 146 Å². The van der Waals surface area contributed by atoms with Crippen molar-refractivity contribution in [2.45, 2.75) is 0 Å². The molecule has 2 N–H and O–H groups in total. The molecule has 0 saturated heterocycles. The molecule has 0 unspecified atom stereocenters. The predicted molar refractivity (Wildman–Crippen MR) is 143 cm³/mol. The average Bonchev–Trinajstić information content (AvgIpc) is 2.92. The molecule has 0 aliphatic rings. The van der Waals surface area contributed by atoms with E-state index in [0.717, 1.165) is 17.1 Å². The van der Waals surface area contributed by atoms with Crippen LogP contribution < -0.4 is 10.4 Å². The molecule has 3 nitrogen and oxygen atoms in total. The molecule has 0 atom stereocenters. The van der Waals surface area contributed by atoms with E-state index in [4.69, 9.17) is 0 Å². The molecule has 0 amide bonds. The van der Waals surface area contributed by atoms with Gasteiger partial charge in [0.2, 0.25) is 0 Å². The molecule has 5 rings (SSSR count). The maximum atomic E-state index is 9.23. The van der Waals surface area contributed by atoms with E-state index in [0.29, 0.717) is 5.46 Å². The standard InChI is InChI=1S/C18H16BNO2.C12H10/c21-19(22)15-11-13-18(14-12-15)20(16-7-3-1-4-8-16)17-9-5-2-6-10-17;1-3-7-11(8-4-1)12-9-5-2-6-10-12/h1-14,21-22H;1-10H. The Labute approximate surface area is 201 Å². The fourth-order valence-corrected chi connectivity index (χ4v) is 3.66. The van der Waals surface area contributed by atoms with Crippen LogP contribution in [-0.4, -0.2) is 17.2 Å². The Morgan fingerprint density at radius 1 is 0.382 bits per heavy atom. The van der Waals surface area contributed by atoms with Crippen molar-refractivity contribution in [1.29, 1.82) is 0 Å². The van der Waals surface area contributed by atoms with E-state index < -0.39 is 7.12 Å². The Kier molecular flexibility index (Phi) is 7.91. The summed E-state index contributed by atoms with van der Waals surface area (Å²) in [6, 6.07) is 48.1. The first kappa shape index (κ1) is 23.1. The van der Waals surface area contributed by atoms with Crippen molar-refractivity contribution in [3.63, 3.8) is 0 Å². The quantitative estimate of drug-likeness (QED) is 0.319. The summed E-state index contributed by atoms with van der Waals surface area (Å²) < 4.78 is 0. The lowest BCUT2D eigenvalue weighted by atomic mass is 9.80. The number of rotatable bonds is 5. The van der Waals surface area contributed by atoms with Gasteiger partial charge in [-0.25, -0.2) is 0 Å². The summed E-state index contributed by atoms with van der Waals surface area (Å²) in [6.07, 6.45) is 0. The van der Waals surface area contributed by atoms with Crippen molar-refractivity contribution < 1.29 is 10.0 Å². The average molecular weight is 443 g/mol. The van der Waals surface area contributed by atoms with Gasteiger partial charge in [-0.3, -0.25) is 0 Å².